The Balaban J connectivity index is 1.93. The van der Waals surface area contributed by atoms with Crippen LogP contribution in [0.4, 0.5) is 0 Å². The van der Waals surface area contributed by atoms with Gasteiger partial charge in [0, 0.05) is 19.2 Å². The molecule has 0 aromatic carbocycles. The quantitative estimate of drug-likeness (QED) is 0.898. The van der Waals surface area contributed by atoms with Gasteiger partial charge >= 0.3 is 0 Å². The van der Waals surface area contributed by atoms with Crippen molar-refractivity contribution in [3.05, 3.63) is 24.2 Å². The molecule has 1 aliphatic heterocycles. The molecule has 4 heteroatoms. The van der Waals surface area contributed by atoms with Crippen LogP contribution >= 0.6 is 0 Å². The van der Waals surface area contributed by atoms with E-state index in [1.54, 1.807) is 0 Å². The molecule has 1 saturated heterocycles. The van der Waals surface area contributed by atoms with Crippen molar-refractivity contribution in [3.8, 4) is 0 Å². The average molecular weight is 244 g/mol. The lowest BCUT2D eigenvalue weighted by Gasteiger charge is -2.23. The number of aryl methyl sites for hydroxylation is 1. The van der Waals surface area contributed by atoms with Crippen LogP contribution in [0, 0.1) is 5.92 Å². The molecule has 1 aliphatic rings. The van der Waals surface area contributed by atoms with Gasteiger partial charge in [0.25, 0.3) is 0 Å². The summed E-state index contributed by atoms with van der Waals surface area (Å²) >= 11 is 0. The summed E-state index contributed by atoms with van der Waals surface area (Å²) in [5, 5.41) is 3.48. The summed E-state index contributed by atoms with van der Waals surface area (Å²) in [5.41, 5.74) is 2.07. The summed E-state index contributed by atoms with van der Waals surface area (Å²) in [5.74, 6) is 1.87. The van der Waals surface area contributed by atoms with E-state index in [0.717, 1.165) is 36.5 Å². The normalized spacial score (nSPS) is 20.4. The first-order valence-corrected chi connectivity index (χ1v) is 6.89. The van der Waals surface area contributed by atoms with E-state index in [-0.39, 0.29) is 0 Å². The molecular formula is C14H20N4. The molecule has 4 nitrogen and oxygen atoms in total. The van der Waals surface area contributed by atoms with Gasteiger partial charge in [0.1, 0.15) is 11.3 Å². The fraction of sp³-hybridized carbons (Fsp3) is 0.571. The molecule has 1 unspecified atom stereocenters. The van der Waals surface area contributed by atoms with Gasteiger partial charge in [-0.25, -0.2) is 9.97 Å². The zero-order valence-electron chi connectivity index (χ0n) is 10.9. The Labute approximate surface area is 107 Å². The van der Waals surface area contributed by atoms with Crippen LogP contribution in [0.15, 0.2) is 18.3 Å². The molecule has 0 aliphatic carbocycles. The van der Waals surface area contributed by atoms with Crippen molar-refractivity contribution in [2.24, 2.45) is 5.92 Å². The first-order chi connectivity index (χ1) is 8.88. The van der Waals surface area contributed by atoms with Gasteiger partial charge in [0.05, 0.1) is 0 Å². The van der Waals surface area contributed by atoms with E-state index >= 15 is 0 Å². The molecule has 0 spiro atoms. The monoisotopic (exact) mass is 244 g/mol. The third-order valence-electron chi connectivity index (χ3n) is 3.74. The average Bonchev–Trinajstić information content (AvgIpc) is 2.78. The number of pyridine rings is 1. The van der Waals surface area contributed by atoms with Crippen molar-refractivity contribution >= 4 is 11.2 Å². The maximum absolute atomic E-state index is 4.68. The van der Waals surface area contributed by atoms with E-state index in [2.05, 4.69) is 32.8 Å². The number of rotatable bonds is 3. The Morgan fingerprint density at radius 1 is 1.50 bits per heavy atom. The predicted molar refractivity (Wildman–Crippen MR) is 72.5 cm³/mol. The second-order valence-corrected chi connectivity index (χ2v) is 5.05. The standard InChI is InChI=1S/C14H20N4/c1-2-13-17-12-6-4-8-16-14(12)18(13)10-11-5-3-7-15-9-11/h4,6,8,11,15H,2-3,5,7,9-10H2,1H3. The Hall–Kier alpha value is -1.42. The molecular weight excluding hydrogens is 224 g/mol. The molecule has 1 N–H and O–H groups in total. The highest BCUT2D eigenvalue weighted by Crippen LogP contribution is 2.19. The van der Waals surface area contributed by atoms with E-state index in [1.807, 2.05) is 12.3 Å². The summed E-state index contributed by atoms with van der Waals surface area (Å²) in [6, 6.07) is 4.01. The number of hydrogen-bond donors (Lipinski definition) is 1. The molecule has 1 atom stereocenters. The smallest absolute Gasteiger partial charge is 0.159 e. The van der Waals surface area contributed by atoms with E-state index in [4.69, 9.17) is 0 Å². The molecule has 0 saturated carbocycles. The van der Waals surface area contributed by atoms with Gasteiger partial charge in [-0.05, 0) is 44.0 Å². The van der Waals surface area contributed by atoms with Gasteiger partial charge in [-0.2, -0.15) is 0 Å². The number of fused-ring (bicyclic) bond motifs is 1. The number of imidazole rings is 1. The SMILES string of the molecule is CCc1nc2cccnc2n1CC1CCCNC1. The zero-order valence-corrected chi connectivity index (χ0v) is 10.9. The highest BCUT2D eigenvalue weighted by molar-refractivity contribution is 5.71. The fourth-order valence-corrected chi connectivity index (χ4v) is 2.81. The number of piperidine rings is 1. The van der Waals surface area contributed by atoms with Gasteiger partial charge in [-0.15, -0.1) is 0 Å². The van der Waals surface area contributed by atoms with Gasteiger partial charge < -0.3 is 9.88 Å². The maximum atomic E-state index is 4.68. The van der Waals surface area contributed by atoms with Crippen LogP contribution in [-0.4, -0.2) is 27.6 Å². The molecule has 2 aromatic heterocycles. The number of nitrogens with one attached hydrogen (secondary N) is 1. The van der Waals surface area contributed by atoms with Crippen molar-refractivity contribution in [2.45, 2.75) is 32.7 Å². The van der Waals surface area contributed by atoms with Crippen LogP contribution in [0.5, 0.6) is 0 Å². The minimum atomic E-state index is 0.712. The molecule has 0 amide bonds. The summed E-state index contributed by atoms with van der Waals surface area (Å²) in [6.07, 6.45) is 5.42. The van der Waals surface area contributed by atoms with Gasteiger partial charge in [0.15, 0.2) is 5.65 Å². The van der Waals surface area contributed by atoms with Crippen LogP contribution in [0.1, 0.15) is 25.6 Å². The largest absolute Gasteiger partial charge is 0.316 e. The lowest BCUT2D eigenvalue weighted by atomic mass is 9.99. The van der Waals surface area contributed by atoms with Crippen LogP contribution < -0.4 is 5.32 Å². The third-order valence-corrected chi connectivity index (χ3v) is 3.74. The Morgan fingerprint density at radius 3 is 3.22 bits per heavy atom. The molecule has 0 bridgehead atoms. The summed E-state index contributed by atoms with van der Waals surface area (Å²) < 4.78 is 2.31. The zero-order chi connectivity index (χ0) is 12.4. The van der Waals surface area contributed by atoms with Crippen LogP contribution in [0.2, 0.25) is 0 Å². The molecule has 3 rings (SSSR count). The van der Waals surface area contributed by atoms with E-state index < -0.39 is 0 Å². The minimum absolute atomic E-state index is 0.712. The third kappa shape index (κ3) is 2.12. The van der Waals surface area contributed by atoms with Crippen molar-refractivity contribution < 1.29 is 0 Å². The summed E-state index contributed by atoms with van der Waals surface area (Å²) in [6.45, 7) is 5.50. The number of nitrogens with zero attached hydrogens (tertiary/aromatic N) is 3. The highest BCUT2D eigenvalue weighted by Gasteiger charge is 2.17. The summed E-state index contributed by atoms with van der Waals surface area (Å²) in [7, 11) is 0. The lowest BCUT2D eigenvalue weighted by molar-refractivity contribution is 0.336. The van der Waals surface area contributed by atoms with Gasteiger partial charge in [-0.3, -0.25) is 0 Å². The van der Waals surface area contributed by atoms with E-state index in [9.17, 15) is 0 Å². The summed E-state index contributed by atoms with van der Waals surface area (Å²) in [4.78, 5) is 9.17. The number of aromatic nitrogens is 3. The van der Waals surface area contributed by atoms with E-state index in [1.165, 1.54) is 19.4 Å². The highest BCUT2D eigenvalue weighted by atomic mass is 15.1. The Morgan fingerprint density at radius 2 is 2.44 bits per heavy atom. The van der Waals surface area contributed by atoms with E-state index in [0.29, 0.717) is 5.92 Å². The van der Waals surface area contributed by atoms with Crippen molar-refractivity contribution in [1.29, 1.82) is 0 Å². The van der Waals surface area contributed by atoms with Crippen molar-refractivity contribution in [1.82, 2.24) is 19.9 Å². The Kier molecular flexibility index (Phi) is 3.28. The molecule has 3 heterocycles. The van der Waals surface area contributed by atoms with Gasteiger partial charge in [-0.1, -0.05) is 6.92 Å². The van der Waals surface area contributed by atoms with Crippen molar-refractivity contribution in [2.75, 3.05) is 13.1 Å². The molecule has 18 heavy (non-hydrogen) atoms. The molecule has 2 aromatic rings. The van der Waals surface area contributed by atoms with Crippen LogP contribution in [0.25, 0.3) is 11.2 Å². The molecule has 0 radical (unpaired) electrons. The predicted octanol–water partition coefficient (Wildman–Crippen LogP) is 1.99. The lowest BCUT2D eigenvalue weighted by Crippen LogP contribution is -2.32. The minimum Gasteiger partial charge on any atom is -0.316 e. The van der Waals surface area contributed by atoms with Crippen molar-refractivity contribution in [3.63, 3.8) is 0 Å². The second kappa shape index (κ2) is 5.06. The first-order valence-electron chi connectivity index (χ1n) is 6.89. The second-order valence-electron chi connectivity index (χ2n) is 5.05. The maximum Gasteiger partial charge on any atom is 0.159 e. The fourth-order valence-electron chi connectivity index (χ4n) is 2.81. The Bertz CT molecular complexity index is 526. The first kappa shape index (κ1) is 11.7. The topological polar surface area (TPSA) is 42.7 Å². The molecule has 1 fully saturated rings. The number of hydrogen-bond acceptors (Lipinski definition) is 3. The molecule has 96 valence electrons. The van der Waals surface area contributed by atoms with Gasteiger partial charge in [0.2, 0.25) is 0 Å². The van der Waals surface area contributed by atoms with Crippen LogP contribution in [-0.2, 0) is 13.0 Å². The van der Waals surface area contributed by atoms with Crippen LogP contribution in [0.3, 0.4) is 0 Å².